The lowest BCUT2D eigenvalue weighted by molar-refractivity contribution is 0.386. The summed E-state index contributed by atoms with van der Waals surface area (Å²) in [4.78, 5) is 0. The van der Waals surface area contributed by atoms with Crippen LogP contribution in [0.3, 0.4) is 0 Å². The molecule has 0 aliphatic carbocycles. The molecule has 3 N–H and O–H groups in total. The normalized spacial score (nSPS) is 12.0. The van der Waals surface area contributed by atoms with Crippen molar-refractivity contribution in [3.63, 3.8) is 0 Å². The molecule has 2 aromatic rings. The number of rotatable bonds is 5. The van der Waals surface area contributed by atoms with Gasteiger partial charge >= 0.3 is 0 Å². The maximum absolute atomic E-state index is 13.7. The molecular weight excluding hydrogens is 279 g/mol. The van der Waals surface area contributed by atoms with Gasteiger partial charge < -0.3 is 15.8 Å². The van der Waals surface area contributed by atoms with E-state index in [-0.39, 0.29) is 11.8 Å². The van der Waals surface area contributed by atoms with Crippen LogP contribution in [0.2, 0.25) is 5.02 Å². The summed E-state index contributed by atoms with van der Waals surface area (Å²) in [7, 11) is 1.43. The Morgan fingerprint density at radius 1 is 1.30 bits per heavy atom. The second-order valence-corrected chi connectivity index (χ2v) is 4.77. The molecule has 0 bridgehead atoms. The zero-order valence-corrected chi connectivity index (χ0v) is 11.8. The van der Waals surface area contributed by atoms with Gasteiger partial charge in [-0.25, -0.2) is 4.39 Å². The average molecular weight is 295 g/mol. The van der Waals surface area contributed by atoms with Gasteiger partial charge in [-0.15, -0.1) is 0 Å². The molecule has 2 aromatic carbocycles. The maximum Gasteiger partial charge on any atom is 0.165 e. The predicted octanol–water partition coefficient (Wildman–Crippen LogP) is 3.60. The molecule has 0 amide bonds. The van der Waals surface area contributed by atoms with E-state index in [0.29, 0.717) is 11.6 Å². The highest BCUT2D eigenvalue weighted by Gasteiger charge is 2.12. The Morgan fingerprint density at radius 3 is 2.70 bits per heavy atom. The van der Waals surface area contributed by atoms with Gasteiger partial charge in [-0.3, -0.25) is 0 Å². The average Bonchev–Trinajstić information content (AvgIpc) is 2.44. The van der Waals surface area contributed by atoms with Crippen LogP contribution in [0.15, 0.2) is 42.5 Å². The Bertz CT molecular complexity index is 592. The lowest BCUT2D eigenvalue weighted by atomic mass is 10.1. The molecular formula is C15H16ClFN2O. The first-order valence-electron chi connectivity index (χ1n) is 6.19. The zero-order chi connectivity index (χ0) is 14.5. The van der Waals surface area contributed by atoms with Gasteiger partial charge in [0.15, 0.2) is 11.6 Å². The summed E-state index contributed by atoms with van der Waals surface area (Å²) in [5.74, 6) is -0.191. The fraction of sp³-hybridized carbons (Fsp3) is 0.200. The van der Waals surface area contributed by atoms with Gasteiger partial charge in [-0.05, 0) is 35.9 Å². The highest BCUT2D eigenvalue weighted by Crippen LogP contribution is 2.25. The summed E-state index contributed by atoms with van der Waals surface area (Å²) >= 11 is 5.93. The van der Waals surface area contributed by atoms with Crippen molar-refractivity contribution in [2.24, 2.45) is 5.73 Å². The number of hydrogen-bond donors (Lipinski definition) is 2. The van der Waals surface area contributed by atoms with Gasteiger partial charge in [0.25, 0.3) is 0 Å². The standard InChI is InChI=1S/C15H16ClFN2O/c1-20-15-6-5-10(7-13(15)17)14(9-18)19-12-4-2-3-11(16)8-12/h2-8,14,19H,9,18H2,1H3. The van der Waals surface area contributed by atoms with Crippen molar-refractivity contribution in [2.45, 2.75) is 6.04 Å². The number of halogens is 2. The predicted molar refractivity (Wildman–Crippen MR) is 79.8 cm³/mol. The van der Waals surface area contributed by atoms with Crippen LogP contribution in [-0.4, -0.2) is 13.7 Å². The lowest BCUT2D eigenvalue weighted by Crippen LogP contribution is -2.20. The molecule has 3 nitrogen and oxygen atoms in total. The van der Waals surface area contributed by atoms with E-state index in [2.05, 4.69) is 5.32 Å². The topological polar surface area (TPSA) is 47.3 Å². The first-order chi connectivity index (χ1) is 9.63. The minimum atomic E-state index is -0.406. The molecule has 0 aromatic heterocycles. The van der Waals surface area contributed by atoms with E-state index < -0.39 is 5.82 Å². The van der Waals surface area contributed by atoms with E-state index in [1.807, 2.05) is 12.1 Å². The van der Waals surface area contributed by atoms with Crippen LogP contribution in [0.4, 0.5) is 10.1 Å². The molecule has 0 fully saturated rings. The molecule has 2 rings (SSSR count). The Hall–Kier alpha value is -1.78. The van der Waals surface area contributed by atoms with Gasteiger partial charge in [0, 0.05) is 17.3 Å². The minimum absolute atomic E-state index is 0.200. The van der Waals surface area contributed by atoms with Crippen molar-refractivity contribution < 1.29 is 9.13 Å². The molecule has 0 aliphatic rings. The van der Waals surface area contributed by atoms with Gasteiger partial charge in [0.2, 0.25) is 0 Å². The van der Waals surface area contributed by atoms with E-state index in [0.717, 1.165) is 11.3 Å². The second kappa shape index (κ2) is 6.59. The van der Waals surface area contributed by atoms with Crippen LogP contribution in [0.25, 0.3) is 0 Å². The van der Waals surface area contributed by atoms with E-state index in [9.17, 15) is 4.39 Å². The highest BCUT2D eigenvalue weighted by atomic mass is 35.5. The fourth-order valence-corrected chi connectivity index (χ4v) is 2.15. The summed E-state index contributed by atoms with van der Waals surface area (Å²) in [5.41, 5.74) is 7.35. The fourth-order valence-electron chi connectivity index (χ4n) is 1.96. The third-order valence-corrected chi connectivity index (χ3v) is 3.21. The maximum atomic E-state index is 13.7. The van der Waals surface area contributed by atoms with Gasteiger partial charge in [-0.1, -0.05) is 23.7 Å². The monoisotopic (exact) mass is 294 g/mol. The zero-order valence-electron chi connectivity index (χ0n) is 11.1. The molecule has 20 heavy (non-hydrogen) atoms. The minimum Gasteiger partial charge on any atom is -0.494 e. The molecule has 0 radical (unpaired) electrons. The van der Waals surface area contributed by atoms with Crippen LogP contribution >= 0.6 is 11.6 Å². The molecule has 0 aliphatic heterocycles. The van der Waals surface area contributed by atoms with Crippen LogP contribution in [0.5, 0.6) is 5.75 Å². The third kappa shape index (κ3) is 3.40. The van der Waals surface area contributed by atoms with E-state index in [1.165, 1.54) is 13.2 Å². The van der Waals surface area contributed by atoms with Gasteiger partial charge in [0.1, 0.15) is 0 Å². The Balaban J connectivity index is 2.22. The Kier molecular flexibility index (Phi) is 4.82. The summed E-state index contributed by atoms with van der Waals surface area (Å²) in [6.07, 6.45) is 0. The highest BCUT2D eigenvalue weighted by molar-refractivity contribution is 6.30. The van der Waals surface area contributed by atoms with Crippen molar-refractivity contribution >= 4 is 17.3 Å². The van der Waals surface area contributed by atoms with Crippen molar-refractivity contribution in [3.05, 3.63) is 58.9 Å². The first-order valence-corrected chi connectivity index (χ1v) is 6.57. The van der Waals surface area contributed by atoms with Crippen molar-refractivity contribution in [1.82, 2.24) is 0 Å². The van der Waals surface area contributed by atoms with E-state index >= 15 is 0 Å². The Morgan fingerprint density at radius 2 is 2.10 bits per heavy atom. The molecule has 0 saturated heterocycles. The Labute approximate surface area is 122 Å². The third-order valence-electron chi connectivity index (χ3n) is 2.98. The molecule has 1 atom stereocenters. The smallest absolute Gasteiger partial charge is 0.165 e. The summed E-state index contributed by atoms with van der Waals surface area (Å²) in [5, 5.41) is 3.86. The van der Waals surface area contributed by atoms with Crippen molar-refractivity contribution in [1.29, 1.82) is 0 Å². The van der Waals surface area contributed by atoms with Gasteiger partial charge in [0.05, 0.1) is 13.2 Å². The van der Waals surface area contributed by atoms with Crippen molar-refractivity contribution in [3.8, 4) is 5.75 Å². The number of hydrogen-bond acceptors (Lipinski definition) is 3. The summed E-state index contributed by atoms with van der Waals surface area (Å²) in [6.45, 7) is 0.332. The summed E-state index contributed by atoms with van der Waals surface area (Å²) < 4.78 is 18.6. The number of methoxy groups -OCH3 is 1. The molecule has 106 valence electrons. The quantitative estimate of drug-likeness (QED) is 0.886. The number of nitrogens with two attached hydrogens (primary N) is 1. The summed E-state index contributed by atoms with van der Waals surface area (Å²) in [6, 6.07) is 11.9. The number of ether oxygens (including phenoxy) is 1. The number of nitrogens with one attached hydrogen (secondary N) is 1. The SMILES string of the molecule is COc1ccc(C(CN)Nc2cccc(Cl)c2)cc1F. The van der Waals surface area contributed by atoms with Crippen LogP contribution in [-0.2, 0) is 0 Å². The number of benzene rings is 2. The van der Waals surface area contributed by atoms with Crippen LogP contribution < -0.4 is 15.8 Å². The largest absolute Gasteiger partial charge is 0.494 e. The molecule has 0 spiro atoms. The van der Waals surface area contributed by atoms with Crippen LogP contribution in [0.1, 0.15) is 11.6 Å². The van der Waals surface area contributed by atoms with E-state index in [4.69, 9.17) is 22.1 Å². The van der Waals surface area contributed by atoms with Crippen molar-refractivity contribution in [2.75, 3.05) is 19.0 Å². The second-order valence-electron chi connectivity index (χ2n) is 4.34. The lowest BCUT2D eigenvalue weighted by Gasteiger charge is -2.19. The first kappa shape index (κ1) is 14.6. The van der Waals surface area contributed by atoms with E-state index in [1.54, 1.807) is 24.3 Å². The molecule has 0 heterocycles. The molecule has 5 heteroatoms. The van der Waals surface area contributed by atoms with Crippen LogP contribution in [0, 0.1) is 5.82 Å². The molecule has 1 unspecified atom stereocenters. The molecule has 0 saturated carbocycles. The van der Waals surface area contributed by atoms with Gasteiger partial charge in [-0.2, -0.15) is 0 Å². The number of anilines is 1.